The molecule has 2 fully saturated rings. The van der Waals surface area contributed by atoms with Crippen molar-refractivity contribution >= 4 is 12.1 Å². The summed E-state index contributed by atoms with van der Waals surface area (Å²) in [5.74, 6) is -0.122. The standard InChI is InChI=1S/C15H19NO4.C7H15N/c17-14(18)13(11-7-3-1-4-8-11)16-15(19)20-12-9-5-2-6-10-12;1-7-3-5-8(2)6-4-7/h1,3-4,7-8,12-13H,2,5-6,9-10H2,(H,16,19)(H,17,18);7H,3-6H2,1-2H3. The van der Waals surface area contributed by atoms with Gasteiger partial charge in [0, 0.05) is 0 Å². The zero-order valence-corrected chi connectivity index (χ0v) is 17.1. The van der Waals surface area contributed by atoms with Crippen LogP contribution >= 0.6 is 0 Å². The van der Waals surface area contributed by atoms with E-state index in [9.17, 15) is 14.7 Å². The van der Waals surface area contributed by atoms with Crippen molar-refractivity contribution in [2.75, 3.05) is 20.1 Å². The van der Waals surface area contributed by atoms with Crippen LogP contribution in [0.5, 0.6) is 0 Å². The van der Waals surface area contributed by atoms with Crippen molar-refractivity contribution in [1.29, 1.82) is 0 Å². The van der Waals surface area contributed by atoms with Crippen LogP contribution in [0.25, 0.3) is 0 Å². The van der Waals surface area contributed by atoms with Gasteiger partial charge in [0.05, 0.1) is 0 Å². The number of ether oxygens (including phenoxy) is 1. The van der Waals surface area contributed by atoms with E-state index in [1.165, 1.54) is 32.4 Å². The van der Waals surface area contributed by atoms with Gasteiger partial charge in [0.2, 0.25) is 0 Å². The summed E-state index contributed by atoms with van der Waals surface area (Å²) in [5.41, 5.74) is 0.528. The fraction of sp³-hybridized carbons (Fsp3) is 0.636. The van der Waals surface area contributed by atoms with Crippen LogP contribution in [0.3, 0.4) is 0 Å². The Morgan fingerprint density at radius 1 is 1.07 bits per heavy atom. The monoisotopic (exact) mass is 390 g/mol. The number of rotatable bonds is 4. The molecule has 0 radical (unpaired) electrons. The van der Waals surface area contributed by atoms with Crippen LogP contribution in [0.1, 0.15) is 63.5 Å². The predicted octanol–water partition coefficient (Wildman–Crippen LogP) is 4.22. The van der Waals surface area contributed by atoms with E-state index in [1.54, 1.807) is 30.3 Å². The van der Waals surface area contributed by atoms with Crippen LogP contribution in [-0.4, -0.2) is 48.3 Å². The Balaban J connectivity index is 0.000000292. The number of nitrogens with zero attached hydrogens (tertiary/aromatic N) is 1. The van der Waals surface area contributed by atoms with Gasteiger partial charge in [0.25, 0.3) is 0 Å². The minimum absolute atomic E-state index is 0.0889. The molecule has 1 aliphatic heterocycles. The molecule has 2 aliphatic rings. The van der Waals surface area contributed by atoms with Crippen molar-refractivity contribution in [1.82, 2.24) is 10.2 Å². The van der Waals surface area contributed by atoms with Gasteiger partial charge in [-0.25, -0.2) is 9.59 Å². The van der Waals surface area contributed by atoms with E-state index >= 15 is 0 Å². The number of aliphatic carboxylic acids is 1. The number of benzene rings is 1. The number of hydrogen-bond donors (Lipinski definition) is 2. The Kier molecular flexibility index (Phi) is 9.28. The largest absolute Gasteiger partial charge is 0.479 e. The normalized spacial score (nSPS) is 19.8. The number of piperidine rings is 1. The van der Waals surface area contributed by atoms with E-state index in [2.05, 4.69) is 24.2 Å². The molecule has 1 aliphatic carbocycles. The predicted molar refractivity (Wildman–Crippen MR) is 109 cm³/mol. The van der Waals surface area contributed by atoms with Gasteiger partial charge in [0.1, 0.15) is 6.10 Å². The molecule has 1 heterocycles. The molecule has 1 amide bonds. The first-order valence-corrected chi connectivity index (χ1v) is 10.4. The summed E-state index contributed by atoms with van der Waals surface area (Å²) >= 11 is 0. The number of hydrogen-bond acceptors (Lipinski definition) is 4. The first-order valence-electron chi connectivity index (χ1n) is 10.4. The van der Waals surface area contributed by atoms with Gasteiger partial charge in [-0.2, -0.15) is 0 Å². The van der Waals surface area contributed by atoms with Crippen molar-refractivity contribution in [3.63, 3.8) is 0 Å². The Bertz CT molecular complexity index is 584. The van der Waals surface area contributed by atoms with Crippen molar-refractivity contribution in [2.24, 2.45) is 5.92 Å². The minimum atomic E-state index is -1.10. The molecule has 2 N–H and O–H groups in total. The Hall–Kier alpha value is -2.08. The van der Waals surface area contributed by atoms with E-state index < -0.39 is 18.1 Å². The number of likely N-dealkylation sites (tertiary alicyclic amines) is 1. The minimum Gasteiger partial charge on any atom is -0.479 e. The van der Waals surface area contributed by atoms with E-state index in [-0.39, 0.29) is 6.10 Å². The number of alkyl carbamates (subject to hydrolysis) is 1. The number of amides is 1. The lowest BCUT2D eigenvalue weighted by molar-refractivity contribution is -0.139. The quantitative estimate of drug-likeness (QED) is 0.805. The number of carbonyl (C=O) groups is 2. The van der Waals surface area contributed by atoms with Gasteiger partial charge in [-0.3, -0.25) is 0 Å². The van der Waals surface area contributed by atoms with Crippen molar-refractivity contribution in [2.45, 2.75) is 64.0 Å². The average Bonchev–Trinajstić information content (AvgIpc) is 2.70. The Morgan fingerprint density at radius 3 is 2.21 bits per heavy atom. The molecule has 1 unspecified atom stereocenters. The first kappa shape index (κ1) is 22.2. The molecule has 1 saturated heterocycles. The molecular formula is C22H34N2O4. The lowest BCUT2D eigenvalue weighted by Gasteiger charge is -2.26. The highest BCUT2D eigenvalue weighted by Gasteiger charge is 2.24. The van der Waals surface area contributed by atoms with Gasteiger partial charge < -0.3 is 20.1 Å². The van der Waals surface area contributed by atoms with E-state index in [0.717, 1.165) is 31.6 Å². The lowest BCUT2D eigenvalue weighted by Crippen LogP contribution is -2.36. The van der Waals surface area contributed by atoms with E-state index in [4.69, 9.17) is 4.74 Å². The summed E-state index contributed by atoms with van der Waals surface area (Å²) in [6.07, 6.45) is 7.04. The second-order valence-corrected chi connectivity index (χ2v) is 7.98. The molecule has 6 nitrogen and oxygen atoms in total. The molecule has 3 rings (SSSR count). The van der Waals surface area contributed by atoms with E-state index in [1.807, 2.05) is 0 Å². The maximum atomic E-state index is 11.8. The summed E-state index contributed by atoms with van der Waals surface area (Å²) < 4.78 is 5.28. The third kappa shape index (κ3) is 7.89. The molecule has 6 heteroatoms. The lowest BCUT2D eigenvalue weighted by atomic mass is 9.98. The summed E-state index contributed by atoms with van der Waals surface area (Å²) in [4.78, 5) is 25.5. The zero-order valence-electron chi connectivity index (χ0n) is 17.1. The zero-order chi connectivity index (χ0) is 20.4. The Labute approximate surface area is 168 Å². The van der Waals surface area contributed by atoms with Gasteiger partial charge in [0.15, 0.2) is 6.04 Å². The molecule has 1 aromatic carbocycles. The van der Waals surface area contributed by atoms with Gasteiger partial charge >= 0.3 is 12.1 Å². The molecular weight excluding hydrogens is 356 g/mol. The van der Waals surface area contributed by atoms with Gasteiger partial charge in [-0.15, -0.1) is 0 Å². The molecule has 0 aromatic heterocycles. The highest BCUT2D eigenvalue weighted by Crippen LogP contribution is 2.21. The molecule has 1 atom stereocenters. The summed E-state index contributed by atoms with van der Waals surface area (Å²) in [5, 5.41) is 11.6. The summed E-state index contributed by atoms with van der Waals surface area (Å²) in [7, 11) is 2.20. The smallest absolute Gasteiger partial charge is 0.408 e. The molecule has 28 heavy (non-hydrogen) atoms. The van der Waals surface area contributed by atoms with Gasteiger partial charge in [-0.05, 0) is 70.1 Å². The average molecular weight is 391 g/mol. The third-order valence-corrected chi connectivity index (χ3v) is 5.48. The molecule has 1 saturated carbocycles. The number of carbonyl (C=O) groups excluding carboxylic acids is 1. The fourth-order valence-electron chi connectivity index (χ4n) is 3.56. The first-order chi connectivity index (χ1) is 13.5. The maximum absolute atomic E-state index is 11.8. The number of carboxylic acids is 1. The highest BCUT2D eigenvalue weighted by atomic mass is 16.6. The van der Waals surface area contributed by atoms with Crippen LogP contribution in [-0.2, 0) is 9.53 Å². The van der Waals surface area contributed by atoms with Crippen molar-refractivity contribution < 1.29 is 19.4 Å². The molecule has 0 bridgehead atoms. The van der Waals surface area contributed by atoms with Crippen LogP contribution < -0.4 is 5.32 Å². The highest BCUT2D eigenvalue weighted by molar-refractivity contribution is 5.81. The van der Waals surface area contributed by atoms with Crippen molar-refractivity contribution in [3.8, 4) is 0 Å². The SMILES string of the molecule is CC1CCN(C)CC1.O=C(NC(C(=O)O)c1ccccc1)OC1CCCCC1. The topological polar surface area (TPSA) is 78.9 Å². The molecule has 0 spiro atoms. The number of nitrogens with one attached hydrogen (secondary N) is 1. The fourth-order valence-corrected chi connectivity index (χ4v) is 3.56. The van der Waals surface area contributed by atoms with Crippen LogP contribution in [0.15, 0.2) is 30.3 Å². The third-order valence-electron chi connectivity index (χ3n) is 5.48. The van der Waals surface area contributed by atoms with Crippen LogP contribution in [0.2, 0.25) is 0 Å². The van der Waals surface area contributed by atoms with Gasteiger partial charge in [-0.1, -0.05) is 43.7 Å². The van der Waals surface area contributed by atoms with Crippen LogP contribution in [0.4, 0.5) is 4.79 Å². The second-order valence-electron chi connectivity index (χ2n) is 7.98. The molecule has 156 valence electrons. The van der Waals surface area contributed by atoms with Crippen LogP contribution in [0, 0.1) is 5.92 Å². The van der Waals surface area contributed by atoms with Crippen molar-refractivity contribution in [3.05, 3.63) is 35.9 Å². The summed E-state index contributed by atoms with van der Waals surface area (Å²) in [6, 6.07) is 7.52. The Morgan fingerprint density at radius 2 is 1.68 bits per heavy atom. The second kappa shape index (κ2) is 11.7. The maximum Gasteiger partial charge on any atom is 0.408 e. The van der Waals surface area contributed by atoms with E-state index in [0.29, 0.717) is 5.56 Å². The summed E-state index contributed by atoms with van der Waals surface area (Å²) in [6.45, 7) is 4.95. The molecule has 1 aromatic rings. The number of carboxylic acid groups (broad SMARTS) is 1.